The molecular weight excluding hydrogens is 378 g/mol. The highest BCUT2D eigenvalue weighted by molar-refractivity contribution is 5.78. The van der Waals surface area contributed by atoms with Crippen LogP contribution in [0.2, 0.25) is 0 Å². The third kappa shape index (κ3) is 6.21. The molecule has 0 aliphatic carbocycles. The number of nitrogens with one attached hydrogen (secondary N) is 1. The van der Waals surface area contributed by atoms with Gasteiger partial charge in [0.25, 0.3) is 0 Å². The largest absolute Gasteiger partial charge is 0.497 e. The number of carbonyl (C=O) groups excluding carboxylic acids is 1. The molecule has 0 spiro atoms. The molecule has 1 saturated heterocycles. The van der Waals surface area contributed by atoms with Crippen molar-refractivity contribution in [3.05, 3.63) is 59.2 Å². The molecule has 0 bridgehead atoms. The Bertz CT molecular complexity index is 832. The molecule has 1 amide bonds. The molecular formula is C24H33N3O3. The van der Waals surface area contributed by atoms with E-state index in [0.29, 0.717) is 13.1 Å². The van der Waals surface area contributed by atoms with Crippen LogP contribution in [-0.2, 0) is 17.8 Å². The van der Waals surface area contributed by atoms with E-state index in [1.165, 1.54) is 11.1 Å². The minimum absolute atomic E-state index is 0.103. The van der Waals surface area contributed by atoms with Crippen LogP contribution in [0.15, 0.2) is 42.5 Å². The lowest BCUT2D eigenvalue weighted by atomic mass is 10.1. The maximum atomic E-state index is 12.3. The Hall–Kier alpha value is -2.57. The fraction of sp³-hybridized carbons (Fsp3) is 0.458. The van der Waals surface area contributed by atoms with E-state index in [1.807, 2.05) is 30.3 Å². The van der Waals surface area contributed by atoms with Crippen LogP contribution in [0.3, 0.4) is 0 Å². The minimum atomic E-state index is 0.103. The second kappa shape index (κ2) is 11.0. The van der Waals surface area contributed by atoms with E-state index in [0.717, 1.165) is 56.2 Å². The second-order valence-electron chi connectivity index (χ2n) is 7.76. The van der Waals surface area contributed by atoms with Gasteiger partial charge in [-0.1, -0.05) is 24.3 Å². The molecule has 1 aliphatic heterocycles. The third-order valence-corrected chi connectivity index (χ3v) is 5.69. The number of hydrogen-bond acceptors (Lipinski definition) is 5. The molecule has 1 N–H and O–H groups in total. The first-order valence-corrected chi connectivity index (χ1v) is 10.6. The van der Waals surface area contributed by atoms with Gasteiger partial charge in [-0.3, -0.25) is 14.6 Å². The van der Waals surface area contributed by atoms with Gasteiger partial charge in [-0.05, 0) is 42.7 Å². The second-order valence-corrected chi connectivity index (χ2v) is 7.76. The topological polar surface area (TPSA) is 54.0 Å². The van der Waals surface area contributed by atoms with Crippen LogP contribution in [0.4, 0.5) is 0 Å². The van der Waals surface area contributed by atoms with E-state index >= 15 is 0 Å². The van der Waals surface area contributed by atoms with Gasteiger partial charge < -0.3 is 14.8 Å². The van der Waals surface area contributed by atoms with Crippen molar-refractivity contribution in [1.29, 1.82) is 0 Å². The minimum Gasteiger partial charge on any atom is -0.497 e. The molecule has 1 fully saturated rings. The average Bonchev–Trinajstić information content (AvgIpc) is 2.76. The number of hydrogen-bond donors (Lipinski definition) is 1. The molecule has 162 valence electrons. The molecule has 0 unspecified atom stereocenters. The fourth-order valence-corrected chi connectivity index (χ4v) is 3.84. The molecule has 0 atom stereocenters. The summed E-state index contributed by atoms with van der Waals surface area (Å²) in [5, 5.41) is 3.06. The van der Waals surface area contributed by atoms with Gasteiger partial charge in [-0.15, -0.1) is 0 Å². The Kier molecular flexibility index (Phi) is 8.11. The highest BCUT2D eigenvalue weighted by atomic mass is 16.5. The smallest absolute Gasteiger partial charge is 0.234 e. The first kappa shape index (κ1) is 22.1. The summed E-state index contributed by atoms with van der Waals surface area (Å²) in [4.78, 5) is 16.9. The molecule has 2 aromatic carbocycles. The zero-order valence-corrected chi connectivity index (χ0v) is 18.3. The van der Waals surface area contributed by atoms with Gasteiger partial charge in [0, 0.05) is 44.8 Å². The summed E-state index contributed by atoms with van der Waals surface area (Å²) in [7, 11) is 3.37. The van der Waals surface area contributed by atoms with Gasteiger partial charge in [0.1, 0.15) is 11.5 Å². The number of ether oxygens (including phenoxy) is 2. The molecule has 6 heteroatoms. The van der Waals surface area contributed by atoms with E-state index in [1.54, 1.807) is 14.2 Å². The van der Waals surface area contributed by atoms with Gasteiger partial charge in [0.15, 0.2) is 0 Å². The number of benzene rings is 2. The number of aryl methyl sites for hydroxylation is 1. The summed E-state index contributed by atoms with van der Waals surface area (Å²) in [5.41, 5.74) is 3.69. The maximum absolute atomic E-state index is 12.3. The van der Waals surface area contributed by atoms with E-state index in [9.17, 15) is 4.79 Å². The Balaban J connectivity index is 1.40. The maximum Gasteiger partial charge on any atom is 0.234 e. The van der Waals surface area contributed by atoms with Gasteiger partial charge in [-0.2, -0.15) is 0 Å². The molecule has 0 saturated carbocycles. The number of amides is 1. The summed E-state index contributed by atoms with van der Waals surface area (Å²) < 4.78 is 10.8. The number of rotatable bonds is 9. The standard InChI is InChI=1S/C24H33N3O3/c1-19-6-4-5-7-20(19)10-11-25-24(28)18-27-14-12-26(13-15-27)17-21-16-22(29-2)8-9-23(21)30-3/h4-9,16H,10-15,17-18H2,1-3H3,(H,25,28). The van der Waals surface area contributed by atoms with E-state index in [2.05, 4.69) is 34.2 Å². The molecule has 30 heavy (non-hydrogen) atoms. The van der Waals surface area contributed by atoms with Crippen molar-refractivity contribution >= 4 is 5.91 Å². The quantitative estimate of drug-likeness (QED) is 0.687. The normalized spacial score (nSPS) is 15.0. The van der Waals surface area contributed by atoms with Gasteiger partial charge in [0.2, 0.25) is 5.91 Å². The Morgan fingerprint density at radius 3 is 2.40 bits per heavy atom. The lowest BCUT2D eigenvalue weighted by molar-refractivity contribution is -0.122. The first-order valence-electron chi connectivity index (χ1n) is 10.6. The summed E-state index contributed by atoms with van der Waals surface area (Å²) >= 11 is 0. The Morgan fingerprint density at radius 1 is 0.967 bits per heavy atom. The van der Waals surface area contributed by atoms with Crippen LogP contribution < -0.4 is 14.8 Å². The summed E-state index contributed by atoms with van der Waals surface area (Å²) in [6.07, 6.45) is 0.870. The van der Waals surface area contributed by atoms with Crippen LogP contribution in [0.5, 0.6) is 11.5 Å². The SMILES string of the molecule is COc1ccc(OC)c(CN2CCN(CC(=O)NCCc3ccccc3C)CC2)c1. The van der Waals surface area contributed by atoms with Crippen LogP contribution in [-0.4, -0.2) is 69.2 Å². The van der Waals surface area contributed by atoms with Crippen LogP contribution >= 0.6 is 0 Å². The Morgan fingerprint density at radius 2 is 1.70 bits per heavy atom. The van der Waals surface area contributed by atoms with Crippen molar-refractivity contribution in [2.75, 3.05) is 53.5 Å². The zero-order valence-electron chi connectivity index (χ0n) is 18.3. The van der Waals surface area contributed by atoms with Crippen LogP contribution in [0.25, 0.3) is 0 Å². The van der Waals surface area contributed by atoms with E-state index in [-0.39, 0.29) is 5.91 Å². The number of piperazine rings is 1. The molecule has 0 aromatic heterocycles. The van der Waals surface area contributed by atoms with E-state index in [4.69, 9.17) is 9.47 Å². The molecule has 0 radical (unpaired) electrons. The summed E-state index contributed by atoms with van der Waals surface area (Å²) in [6.45, 7) is 7.70. The highest BCUT2D eigenvalue weighted by Crippen LogP contribution is 2.25. The van der Waals surface area contributed by atoms with Crippen molar-refractivity contribution in [2.45, 2.75) is 19.9 Å². The van der Waals surface area contributed by atoms with Crippen molar-refractivity contribution in [3.63, 3.8) is 0 Å². The van der Waals surface area contributed by atoms with Crippen molar-refractivity contribution < 1.29 is 14.3 Å². The van der Waals surface area contributed by atoms with Crippen molar-refractivity contribution in [1.82, 2.24) is 15.1 Å². The number of carbonyl (C=O) groups is 1. The van der Waals surface area contributed by atoms with Crippen LogP contribution in [0, 0.1) is 6.92 Å². The predicted octanol–water partition coefficient (Wildman–Crippen LogP) is 2.49. The fourth-order valence-electron chi connectivity index (χ4n) is 3.84. The molecule has 3 rings (SSSR count). The molecule has 6 nitrogen and oxygen atoms in total. The van der Waals surface area contributed by atoms with Crippen molar-refractivity contribution in [2.24, 2.45) is 0 Å². The molecule has 1 aliphatic rings. The van der Waals surface area contributed by atoms with Gasteiger partial charge in [-0.25, -0.2) is 0 Å². The lowest BCUT2D eigenvalue weighted by Gasteiger charge is -2.34. The predicted molar refractivity (Wildman–Crippen MR) is 119 cm³/mol. The van der Waals surface area contributed by atoms with Crippen LogP contribution in [0.1, 0.15) is 16.7 Å². The monoisotopic (exact) mass is 411 g/mol. The Labute approximate surface area is 179 Å². The lowest BCUT2D eigenvalue weighted by Crippen LogP contribution is -2.49. The summed E-state index contributed by atoms with van der Waals surface area (Å²) in [5.74, 6) is 1.82. The van der Waals surface area contributed by atoms with Gasteiger partial charge >= 0.3 is 0 Å². The zero-order chi connectivity index (χ0) is 21.3. The summed E-state index contributed by atoms with van der Waals surface area (Å²) in [6, 6.07) is 14.2. The first-order chi connectivity index (χ1) is 14.6. The molecule has 1 heterocycles. The number of methoxy groups -OCH3 is 2. The van der Waals surface area contributed by atoms with Crippen molar-refractivity contribution in [3.8, 4) is 11.5 Å². The average molecular weight is 412 g/mol. The third-order valence-electron chi connectivity index (χ3n) is 5.69. The number of nitrogens with zero attached hydrogens (tertiary/aromatic N) is 2. The van der Waals surface area contributed by atoms with Gasteiger partial charge in [0.05, 0.1) is 20.8 Å². The highest BCUT2D eigenvalue weighted by Gasteiger charge is 2.20. The molecule has 2 aromatic rings. The van der Waals surface area contributed by atoms with E-state index < -0.39 is 0 Å².